The normalized spacial score (nSPS) is 9.88. The third-order valence-electron chi connectivity index (χ3n) is 1.77. The Morgan fingerprint density at radius 1 is 1.38 bits per heavy atom. The molecule has 0 unspecified atom stereocenters. The summed E-state index contributed by atoms with van der Waals surface area (Å²) in [4.78, 5) is 22.4. The Kier molecular flexibility index (Phi) is 5.76. The van der Waals surface area contributed by atoms with Crippen LogP contribution >= 0.6 is 11.6 Å². The number of hydrogen-bond acceptors (Lipinski definition) is 2. The molecule has 1 rings (SSSR count). The second-order valence-electron chi connectivity index (χ2n) is 2.90. The summed E-state index contributed by atoms with van der Waals surface area (Å²) in [5.74, 6) is -1.04. The number of carbonyl (C=O) groups excluding carboxylic acids is 2. The quantitative estimate of drug-likeness (QED) is 0.637. The van der Waals surface area contributed by atoms with Crippen LogP contribution in [0.25, 0.3) is 0 Å². The summed E-state index contributed by atoms with van der Waals surface area (Å²) in [6, 6.07) is 5.72. The van der Waals surface area contributed by atoms with E-state index in [1.807, 2.05) is 0 Å². The Morgan fingerprint density at radius 3 is 2.69 bits per heavy atom. The van der Waals surface area contributed by atoms with Gasteiger partial charge in [0.1, 0.15) is 0 Å². The molecule has 16 heavy (non-hydrogen) atoms. The van der Waals surface area contributed by atoms with Crippen LogP contribution in [0.5, 0.6) is 0 Å². The molecule has 0 atom stereocenters. The van der Waals surface area contributed by atoms with Gasteiger partial charge in [0, 0.05) is 0 Å². The monoisotopic (exact) mass is 349 g/mol. The fraction of sp³-hybridized carbons (Fsp3) is 0.200. The fourth-order valence-corrected chi connectivity index (χ4v) is 3.19. The van der Waals surface area contributed by atoms with E-state index < -0.39 is 32.9 Å². The van der Waals surface area contributed by atoms with Crippen molar-refractivity contribution in [2.75, 3.05) is 10.4 Å². The number of hydrogen-bond donors (Lipinski definition) is 1. The standard InChI is InChI=1S/C8H7FNO.C2H2ClO.Sn/c1-10-8(11)6-4-2-3-5-7(6)9;3-1-2-4;/h2-5H,1H2,(H,10,11);1H2;. The molecule has 3 nitrogen and oxygen atoms in total. The van der Waals surface area contributed by atoms with E-state index in [1.54, 1.807) is 6.07 Å². The summed E-state index contributed by atoms with van der Waals surface area (Å²) in [6.07, 6.45) is 0. The average Bonchev–Trinajstić information content (AvgIpc) is 2.29. The Labute approximate surface area is 108 Å². The van der Waals surface area contributed by atoms with Crippen LogP contribution in [0.4, 0.5) is 4.39 Å². The second kappa shape index (κ2) is 6.85. The second-order valence-corrected chi connectivity index (χ2v) is 6.77. The molecule has 0 aromatic heterocycles. The van der Waals surface area contributed by atoms with Crippen LogP contribution in [-0.2, 0) is 4.79 Å². The molecule has 1 aromatic carbocycles. The molecule has 0 heterocycles. The molecule has 0 fully saturated rings. The molecule has 84 valence electrons. The van der Waals surface area contributed by atoms with Crippen LogP contribution in [0, 0.1) is 5.82 Å². The van der Waals surface area contributed by atoms with Gasteiger partial charge >= 0.3 is 108 Å². The SMILES string of the molecule is O=[C](CCl)[Sn][CH2]NC(=O)c1ccccc1F. The zero-order valence-corrected chi connectivity index (χ0v) is 11.9. The van der Waals surface area contributed by atoms with Crippen molar-refractivity contribution in [3.63, 3.8) is 0 Å². The zero-order valence-electron chi connectivity index (χ0n) is 8.30. The first-order chi connectivity index (χ1) is 7.65. The van der Waals surface area contributed by atoms with Crippen molar-refractivity contribution in [2.45, 2.75) is 0 Å². The van der Waals surface area contributed by atoms with Gasteiger partial charge in [0.25, 0.3) is 0 Å². The molecule has 2 radical (unpaired) electrons. The molecule has 1 amide bonds. The van der Waals surface area contributed by atoms with Crippen molar-refractivity contribution in [3.8, 4) is 0 Å². The van der Waals surface area contributed by atoms with Gasteiger partial charge in [-0.2, -0.15) is 0 Å². The molecule has 0 aliphatic carbocycles. The number of benzene rings is 1. The molecule has 0 saturated heterocycles. The topological polar surface area (TPSA) is 46.2 Å². The van der Waals surface area contributed by atoms with Crippen LogP contribution in [0.1, 0.15) is 10.4 Å². The van der Waals surface area contributed by atoms with Gasteiger partial charge in [0.2, 0.25) is 0 Å². The van der Waals surface area contributed by atoms with E-state index in [-0.39, 0.29) is 15.2 Å². The van der Waals surface area contributed by atoms with Crippen LogP contribution in [0.3, 0.4) is 0 Å². The van der Waals surface area contributed by atoms with Crippen molar-refractivity contribution in [1.29, 1.82) is 0 Å². The van der Waals surface area contributed by atoms with E-state index in [9.17, 15) is 14.0 Å². The number of carbonyl (C=O) groups is 2. The zero-order chi connectivity index (χ0) is 12.0. The van der Waals surface area contributed by atoms with Gasteiger partial charge in [-0.3, -0.25) is 0 Å². The molecule has 1 N–H and O–H groups in total. The molecular weight excluding hydrogens is 339 g/mol. The van der Waals surface area contributed by atoms with Gasteiger partial charge in [-0.15, -0.1) is 0 Å². The maximum absolute atomic E-state index is 13.2. The summed E-state index contributed by atoms with van der Waals surface area (Å²) >= 11 is 4.01. The van der Waals surface area contributed by atoms with Crippen molar-refractivity contribution >= 4 is 42.4 Å². The summed E-state index contributed by atoms with van der Waals surface area (Å²) in [5, 5.41) is 2.52. The number of alkyl halides is 1. The summed E-state index contributed by atoms with van der Waals surface area (Å²) in [5.41, 5.74) is 0.000184. The molecule has 0 aliphatic heterocycles. The minimum absolute atomic E-state index is 0.000184. The van der Waals surface area contributed by atoms with Gasteiger partial charge in [0.15, 0.2) is 0 Å². The third kappa shape index (κ3) is 4.09. The van der Waals surface area contributed by atoms with Gasteiger partial charge < -0.3 is 0 Å². The summed E-state index contributed by atoms with van der Waals surface area (Å²) in [7, 11) is 0. The first-order valence-electron chi connectivity index (χ1n) is 4.50. The first kappa shape index (κ1) is 13.4. The van der Waals surface area contributed by atoms with Crippen molar-refractivity contribution < 1.29 is 14.0 Å². The van der Waals surface area contributed by atoms with E-state index in [1.165, 1.54) is 18.2 Å². The predicted molar refractivity (Wildman–Crippen MR) is 60.2 cm³/mol. The van der Waals surface area contributed by atoms with E-state index in [2.05, 4.69) is 5.32 Å². The van der Waals surface area contributed by atoms with Crippen LogP contribution in [0.2, 0.25) is 0 Å². The Morgan fingerprint density at radius 2 is 2.06 bits per heavy atom. The van der Waals surface area contributed by atoms with E-state index >= 15 is 0 Å². The maximum atomic E-state index is 13.2. The molecule has 0 aliphatic rings. The number of nitrogens with one attached hydrogen (secondary N) is 1. The van der Waals surface area contributed by atoms with Gasteiger partial charge in [-0.1, -0.05) is 0 Å². The van der Waals surface area contributed by atoms with Crippen molar-refractivity contribution in [1.82, 2.24) is 5.32 Å². The minimum atomic E-state index is -1.32. The van der Waals surface area contributed by atoms with Gasteiger partial charge in [-0.05, 0) is 0 Å². The Bertz CT molecular complexity index is 400. The van der Waals surface area contributed by atoms with Crippen LogP contribution in [0.15, 0.2) is 24.3 Å². The molecule has 0 saturated carbocycles. The third-order valence-corrected chi connectivity index (χ3v) is 5.30. The number of amides is 1. The Balaban J connectivity index is 2.47. The van der Waals surface area contributed by atoms with Gasteiger partial charge in [-0.25, -0.2) is 0 Å². The first-order valence-corrected chi connectivity index (χ1v) is 8.48. The van der Waals surface area contributed by atoms with E-state index in [4.69, 9.17) is 11.6 Å². The van der Waals surface area contributed by atoms with E-state index in [0.29, 0.717) is 4.56 Å². The Hall–Kier alpha value is -0.621. The molecule has 0 bridgehead atoms. The summed E-state index contributed by atoms with van der Waals surface area (Å²) < 4.78 is 13.5. The molecule has 1 aromatic rings. The number of halogens is 2. The molecular formula is C10H9ClFNO2Sn. The average molecular weight is 348 g/mol. The van der Waals surface area contributed by atoms with Crippen LogP contribution in [-0.4, -0.2) is 41.3 Å². The fourth-order valence-electron chi connectivity index (χ4n) is 1.01. The van der Waals surface area contributed by atoms with Crippen molar-refractivity contribution in [2.24, 2.45) is 0 Å². The van der Waals surface area contributed by atoms with E-state index in [0.717, 1.165) is 0 Å². The molecule has 0 spiro atoms. The number of rotatable bonds is 5. The molecule has 6 heteroatoms. The van der Waals surface area contributed by atoms with Crippen LogP contribution < -0.4 is 5.32 Å². The van der Waals surface area contributed by atoms with Crippen molar-refractivity contribution in [3.05, 3.63) is 35.6 Å². The summed E-state index contributed by atoms with van der Waals surface area (Å²) in [6.45, 7) is 0. The van der Waals surface area contributed by atoms with Gasteiger partial charge in [0.05, 0.1) is 0 Å². The predicted octanol–water partition coefficient (Wildman–Crippen LogP) is 0.983.